The van der Waals surface area contributed by atoms with Crippen LogP contribution in [0.2, 0.25) is 0 Å². The molecule has 0 amide bonds. The summed E-state index contributed by atoms with van der Waals surface area (Å²) >= 11 is 0. The van der Waals surface area contributed by atoms with Crippen LogP contribution in [0.3, 0.4) is 0 Å². The quantitative estimate of drug-likeness (QED) is 0.858. The van der Waals surface area contributed by atoms with Gasteiger partial charge in [-0.15, -0.1) is 0 Å². The van der Waals surface area contributed by atoms with E-state index in [4.69, 9.17) is 5.73 Å². The van der Waals surface area contributed by atoms with Gasteiger partial charge in [0.1, 0.15) is 0 Å². The molecule has 2 N–H and O–H groups in total. The monoisotopic (exact) mass is 279 g/mol. The van der Waals surface area contributed by atoms with Crippen LogP contribution in [0.25, 0.3) is 0 Å². The number of piperazine rings is 1. The molecule has 0 radical (unpaired) electrons. The van der Waals surface area contributed by atoms with Gasteiger partial charge in [0.2, 0.25) is 0 Å². The van der Waals surface area contributed by atoms with Crippen LogP contribution >= 0.6 is 0 Å². The third-order valence-electron chi connectivity index (χ3n) is 6.34. The standard InChI is InChI=1S/C17H33N3/c1-15-12-20-10-5-6-16(20)13-19(15)11-9-17(14-18)7-3-2-4-8-17/h15-16H,2-14,18H2,1H3. The lowest BCUT2D eigenvalue weighted by Gasteiger charge is -2.44. The summed E-state index contributed by atoms with van der Waals surface area (Å²) in [7, 11) is 0. The van der Waals surface area contributed by atoms with Gasteiger partial charge in [-0.2, -0.15) is 0 Å². The second kappa shape index (κ2) is 6.33. The van der Waals surface area contributed by atoms with Crippen LogP contribution in [0.4, 0.5) is 0 Å². The minimum atomic E-state index is 0.477. The fourth-order valence-corrected chi connectivity index (χ4v) is 4.80. The summed E-state index contributed by atoms with van der Waals surface area (Å²) < 4.78 is 0. The Morgan fingerprint density at radius 3 is 2.65 bits per heavy atom. The van der Waals surface area contributed by atoms with Crippen LogP contribution in [0.15, 0.2) is 0 Å². The van der Waals surface area contributed by atoms with E-state index < -0.39 is 0 Å². The van der Waals surface area contributed by atoms with Gasteiger partial charge in [-0.3, -0.25) is 9.80 Å². The molecule has 2 atom stereocenters. The van der Waals surface area contributed by atoms with Crippen molar-refractivity contribution >= 4 is 0 Å². The van der Waals surface area contributed by atoms with Gasteiger partial charge in [0.25, 0.3) is 0 Å². The van der Waals surface area contributed by atoms with Crippen LogP contribution in [-0.4, -0.2) is 54.6 Å². The zero-order valence-corrected chi connectivity index (χ0v) is 13.3. The average Bonchev–Trinajstić information content (AvgIpc) is 2.93. The maximum Gasteiger partial charge on any atom is 0.0224 e. The van der Waals surface area contributed by atoms with Gasteiger partial charge in [-0.25, -0.2) is 0 Å². The lowest BCUT2D eigenvalue weighted by atomic mass is 9.71. The van der Waals surface area contributed by atoms with Gasteiger partial charge in [-0.1, -0.05) is 19.3 Å². The third kappa shape index (κ3) is 3.05. The molecule has 2 saturated heterocycles. The molecule has 3 heteroatoms. The largest absolute Gasteiger partial charge is 0.330 e. The molecule has 0 bridgehead atoms. The minimum absolute atomic E-state index is 0.477. The predicted molar refractivity (Wildman–Crippen MR) is 84.8 cm³/mol. The van der Waals surface area contributed by atoms with Crippen molar-refractivity contribution in [2.24, 2.45) is 11.1 Å². The fraction of sp³-hybridized carbons (Fsp3) is 1.00. The second-order valence-electron chi connectivity index (χ2n) is 7.65. The maximum absolute atomic E-state index is 6.15. The van der Waals surface area contributed by atoms with E-state index in [0.717, 1.165) is 18.6 Å². The van der Waals surface area contributed by atoms with Crippen molar-refractivity contribution in [3.05, 3.63) is 0 Å². The molecule has 1 saturated carbocycles. The van der Waals surface area contributed by atoms with Crippen molar-refractivity contribution in [2.45, 2.75) is 70.4 Å². The van der Waals surface area contributed by atoms with Crippen molar-refractivity contribution in [1.29, 1.82) is 0 Å². The van der Waals surface area contributed by atoms with Gasteiger partial charge in [0.05, 0.1) is 0 Å². The Bertz CT molecular complexity index is 311. The molecule has 116 valence electrons. The summed E-state index contributed by atoms with van der Waals surface area (Å²) in [6.45, 7) is 8.55. The number of nitrogens with two attached hydrogens (primary N) is 1. The van der Waals surface area contributed by atoms with Crippen LogP contribution in [-0.2, 0) is 0 Å². The molecule has 0 spiro atoms. The van der Waals surface area contributed by atoms with Gasteiger partial charge >= 0.3 is 0 Å². The highest BCUT2D eigenvalue weighted by Crippen LogP contribution is 2.39. The van der Waals surface area contributed by atoms with Crippen molar-refractivity contribution < 1.29 is 0 Å². The Morgan fingerprint density at radius 1 is 1.10 bits per heavy atom. The molecule has 2 aliphatic heterocycles. The number of hydrogen-bond acceptors (Lipinski definition) is 3. The molecule has 3 nitrogen and oxygen atoms in total. The SMILES string of the molecule is CC1CN2CCCC2CN1CCC1(CN)CCCCC1. The molecule has 2 heterocycles. The van der Waals surface area contributed by atoms with Gasteiger partial charge in [0.15, 0.2) is 0 Å². The first-order chi connectivity index (χ1) is 9.72. The molecular weight excluding hydrogens is 246 g/mol. The smallest absolute Gasteiger partial charge is 0.0224 e. The van der Waals surface area contributed by atoms with E-state index in [1.54, 1.807) is 0 Å². The Hall–Kier alpha value is -0.120. The molecule has 0 aromatic heterocycles. The van der Waals surface area contributed by atoms with Crippen molar-refractivity contribution in [1.82, 2.24) is 9.80 Å². The van der Waals surface area contributed by atoms with E-state index in [2.05, 4.69) is 16.7 Å². The first kappa shape index (κ1) is 14.8. The summed E-state index contributed by atoms with van der Waals surface area (Å²) in [5.41, 5.74) is 6.62. The summed E-state index contributed by atoms with van der Waals surface area (Å²) in [6.07, 6.45) is 11.2. The Balaban J connectivity index is 1.54. The lowest BCUT2D eigenvalue weighted by molar-refractivity contribution is 0.0434. The topological polar surface area (TPSA) is 32.5 Å². The van der Waals surface area contributed by atoms with E-state index in [-0.39, 0.29) is 0 Å². The first-order valence-electron chi connectivity index (χ1n) is 8.91. The lowest BCUT2D eigenvalue weighted by Crippen LogP contribution is -2.55. The van der Waals surface area contributed by atoms with E-state index in [1.165, 1.54) is 77.5 Å². The number of nitrogens with zero attached hydrogens (tertiary/aromatic N) is 2. The first-order valence-corrected chi connectivity index (χ1v) is 8.91. The fourth-order valence-electron chi connectivity index (χ4n) is 4.80. The highest BCUT2D eigenvalue weighted by atomic mass is 15.3. The number of fused-ring (bicyclic) bond motifs is 1. The molecule has 0 aromatic carbocycles. The van der Waals surface area contributed by atoms with E-state index in [0.29, 0.717) is 5.41 Å². The molecular formula is C17H33N3. The van der Waals surface area contributed by atoms with Gasteiger partial charge in [0, 0.05) is 25.2 Å². The third-order valence-corrected chi connectivity index (χ3v) is 6.34. The van der Waals surface area contributed by atoms with Crippen molar-refractivity contribution in [2.75, 3.05) is 32.7 Å². The van der Waals surface area contributed by atoms with Crippen LogP contribution in [0.1, 0.15) is 58.3 Å². The summed E-state index contributed by atoms with van der Waals surface area (Å²) in [5, 5.41) is 0. The van der Waals surface area contributed by atoms with Crippen LogP contribution in [0, 0.1) is 5.41 Å². The zero-order chi connectivity index (χ0) is 14.0. The summed E-state index contributed by atoms with van der Waals surface area (Å²) in [4.78, 5) is 5.49. The highest BCUT2D eigenvalue weighted by Gasteiger charge is 2.36. The predicted octanol–water partition coefficient (Wildman–Crippen LogP) is 2.45. The number of hydrogen-bond donors (Lipinski definition) is 1. The maximum atomic E-state index is 6.15. The van der Waals surface area contributed by atoms with E-state index in [9.17, 15) is 0 Å². The highest BCUT2D eigenvalue weighted by molar-refractivity contribution is 4.92. The van der Waals surface area contributed by atoms with Crippen molar-refractivity contribution in [3.8, 4) is 0 Å². The normalized spacial score (nSPS) is 35.1. The molecule has 3 aliphatic rings. The van der Waals surface area contributed by atoms with Crippen molar-refractivity contribution in [3.63, 3.8) is 0 Å². The molecule has 3 fully saturated rings. The van der Waals surface area contributed by atoms with Crippen LogP contribution < -0.4 is 5.73 Å². The molecule has 1 aliphatic carbocycles. The van der Waals surface area contributed by atoms with E-state index >= 15 is 0 Å². The van der Waals surface area contributed by atoms with Crippen LogP contribution in [0.5, 0.6) is 0 Å². The Labute approximate surface area is 124 Å². The molecule has 3 rings (SSSR count). The summed E-state index contributed by atoms with van der Waals surface area (Å²) in [6, 6.07) is 1.59. The molecule has 20 heavy (non-hydrogen) atoms. The second-order valence-corrected chi connectivity index (χ2v) is 7.65. The Morgan fingerprint density at radius 2 is 1.90 bits per heavy atom. The minimum Gasteiger partial charge on any atom is -0.330 e. The zero-order valence-electron chi connectivity index (χ0n) is 13.3. The van der Waals surface area contributed by atoms with Gasteiger partial charge in [-0.05, 0) is 64.1 Å². The van der Waals surface area contributed by atoms with E-state index in [1.807, 2.05) is 0 Å². The Kier molecular flexibility index (Phi) is 4.68. The average molecular weight is 279 g/mol. The summed E-state index contributed by atoms with van der Waals surface area (Å²) in [5.74, 6) is 0. The number of rotatable bonds is 4. The molecule has 0 aromatic rings. The molecule has 2 unspecified atom stereocenters. The van der Waals surface area contributed by atoms with Gasteiger partial charge < -0.3 is 5.73 Å².